The van der Waals surface area contributed by atoms with Gasteiger partial charge in [-0.1, -0.05) is 146 Å². The second kappa shape index (κ2) is 26.5. The Labute approximate surface area is 598 Å². The second-order valence-corrected chi connectivity index (χ2v) is 25.1. The van der Waals surface area contributed by atoms with Crippen LogP contribution in [-0.2, 0) is 0 Å². The van der Waals surface area contributed by atoms with Crippen molar-refractivity contribution in [3.63, 3.8) is 0 Å². The van der Waals surface area contributed by atoms with Crippen LogP contribution in [0.2, 0.25) is 0 Å². The molecule has 0 spiro atoms. The lowest BCUT2D eigenvalue weighted by Gasteiger charge is -2.14. The van der Waals surface area contributed by atoms with Crippen LogP contribution in [0, 0.1) is 0 Å². The molecule has 506 valence electrons. The molecule has 8 bridgehead atoms. The quantitative estimate of drug-likeness (QED) is 0.0932. The fourth-order valence-corrected chi connectivity index (χ4v) is 14.4. The van der Waals surface area contributed by atoms with Crippen molar-refractivity contribution >= 4 is 44.1 Å². The molecule has 0 unspecified atom stereocenters. The Morgan fingerprint density at radius 1 is 0.173 bits per heavy atom. The van der Waals surface area contributed by atoms with Crippen molar-refractivity contribution in [1.29, 1.82) is 0 Å². The van der Waals surface area contributed by atoms with Gasteiger partial charge in [0.15, 0.2) is 23.3 Å². The summed E-state index contributed by atoms with van der Waals surface area (Å²) in [5.41, 5.74) is 18.9. The van der Waals surface area contributed by atoms with Crippen molar-refractivity contribution in [2.75, 3.05) is 56.9 Å². The van der Waals surface area contributed by atoms with Gasteiger partial charge in [-0.2, -0.15) is 0 Å². The Hall–Kier alpha value is -13.6. The number of aromatic amines is 2. The highest BCUT2D eigenvalue weighted by Crippen LogP contribution is 2.52. The fourth-order valence-electron chi connectivity index (χ4n) is 14.4. The summed E-state index contributed by atoms with van der Waals surface area (Å²) in [7, 11) is 13.4. The molecule has 5 heterocycles. The predicted molar refractivity (Wildman–Crippen MR) is 412 cm³/mol. The van der Waals surface area contributed by atoms with Gasteiger partial charge in [0.1, 0.15) is 68.6 Å². The van der Waals surface area contributed by atoms with Crippen molar-refractivity contribution in [1.82, 2.24) is 39.9 Å². The zero-order valence-corrected chi connectivity index (χ0v) is 58.0. The molecule has 17 rings (SSSR count). The number of benzene rings is 12. The topological polar surface area (TPSA) is 183 Å². The van der Waals surface area contributed by atoms with E-state index in [1.807, 2.05) is 97.1 Å². The smallest absolute Gasteiger partial charge is 0.165 e. The van der Waals surface area contributed by atoms with Crippen LogP contribution >= 0.6 is 0 Å². The molecule has 0 amide bonds. The minimum atomic E-state index is 0.387. The number of aromatic nitrogens is 8. The van der Waals surface area contributed by atoms with Gasteiger partial charge in [-0.3, -0.25) is 0 Å². The molecule has 0 atom stereocenters. The molecule has 12 aromatic carbocycles. The Kier molecular flexibility index (Phi) is 16.3. The first-order chi connectivity index (χ1) is 51.1. The summed E-state index contributed by atoms with van der Waals surface area (Å²) in [6.07, 6.45) is 0. The Balaban J connectivity index is 1.12. The molecule has 104 heavy (non-hydrogen) atoms. The maximum Gasteiger partial charge on any atom is 0.165 e. The molecule has 16 nitrogen and oxygen atoms in total. The van der Waals surface area contributed by atoms with E-state index in [1.54, 1.807) is 56.9 Å². The number of hydrogen-bond acceptors (Lipinski definition) is 14. The standard InChI is InChI=1S/C88H66N8O8/c1-97-57-25-9-49(10-26-57)65-41-42-66(50-11-27-58(98-2)28-12-50)74-73(65)81-89-82(74)94-84-77-69(53-17-33-61(101-5)34-18-53)45-46-70(54-19-35-62(102-6)36-20-54)78(77)86(91-84)96-88-80-72(56-23-39-64(104-8)40-24-56)48-47-71(55-21-37-63(103-7)38-22-55)79(80)87(92-88)95-85-76-68(52-15-31-60(100-4)32-16-52)44-43-67(75(76)83(90-85)93-81)51-13-29-59(99-3)30-14-51/h9-48H,1-8H3,(H2,89,90,91,92,93,94,95,96). The van der Waals surface area contributed by atoms with Gasteiger partial charge >= 0.3 is 0 Å². The Morgan fingerprint density at radius 2 is 0.317 bits per heavy atom. The van der Waals surface area contributed by atoms with Crippen LogP contribution < -0.4 is 37.9 Å². The van der Waals surface area contributed by atoms with Gasteiger partial charge in [0.05, 0.1) is 56.9 Å². The van der Waals surface area contributed by atoms with Gasteiger partial charge in [-0.15, -0.1) is 0 Å². The van der Waals surface area contributed by atoms with Crippen LogP contribution in [-0.4, -0.2) is 96.8 Å². The summed E-state index contributed by atoms with van der Waals surface area (Å²) in [4.78, 5) is 43.2. The van der Waals surface area contributed by atoms with E-state index in [9.17, 15) is 0 Å². The second-order valence-electron chi connectivity index (χ2n) is 25.1. The monoisotopic (exact) mass is 1360 g/mol. The lowest BCUT2D eigenvalue weighted by atomic mass is 9.89. The van der Waals surface area contributed by atoms with Gasteiger partial charge in [-0.25, -0.2) is 29.9 Å². The van der Waals surface area contributed by atoms with Crippen LogP contribution in [0.5, 0.6) is 46.0 Å². The molecule has 0 saturated carbocycles. The normalized spacial score (nSPS) is 11.5. The summed E-state index contributed by atoms with van der Waals surface area (Å²) < 4.78 is 46.2. The molecule has 2 N–H and O–H groups in total. The van der Waals surface area contributed by atoms with Crippen LogP contribution in [0.4, 0.5) is 0 Å². The van der Waals surface area contributed by atoms with E-state index in [4.69, 9.17) is 67.8 Å². The number of fused-ring (bicyclic) bond motifs is 20. The van der Waals surface area contributed by atoms with Crippen LogP contribution in [0.3, 0.4) is 0 Å². The average molecular weight is 1360 g/mol. The van der Waals surface area contributed by atoms with Crippen molar-refractivity contribution in [2.24, 2.45) is 0 Å². The third-order valence-corrected chi connectivity index (χ3v) is 19.6. The van der Waals surface area contributed by atoms with Crippen LogP contribution in [0.15, 0.2) is 243 Å². The summed E-state index contributed by atoms with van der Waals surface area (Å²) in [5.74, 6) is 7.22. The number of H-pyrrole nitrogens is 2. The van der Waals surface area contributed by atoms with E-state index < -0.39 is 0 Å². The van der Waals surface area contributed by atoms with Gasteiger partial charge < -0.3 is 47.9 Å². The Morgan fingerprint density at radius 3 is 0.471 bits per heavy atom. The average Bonchev–Trinajstić information content (AvgIpc) is 1.59. The lowest BCUT2D eigenvalue weighted by molar-refractivity contribution is 0.415. The lowest BCUT2D eigenvalue weighted by Crippen LogP contribution is -1.93. The van der Waals surface area contributed by atoms with E-state index in [0.29, 0.717) is 91.9 Å². The first kappa shape index (κ1) is 63.8. The summed E-state index contributed by atoms with van der Waals surface area (Å²) >= 11 is 0. The third-order valence-electron chi connectivity index (χ3n) is 19.6. The zero-order valence-electron chi connectivity index (χ0n) is 58.0. The van der Waals surface area contributed by atoms with Crippen LogP contribution in [0.25, 0.3) is 179 Å². The van der Waals surface area contributed by atoms with Crippen molar-refractivity contribution < 1.29 is 37.9 Å². The largest absolute Gasteiger partial charge is 0.497 e. The number of nitrogens with zero attached hydrogens (tertiary/aromatic N) is 6. The van der Waals surface area contributed by atoms with E-state index in [0.717, 1.165) is 133 Å². The van der Waals surface area contributed by atoms with E-state index in [-0.39, 0.29) is 0 Å². The van der Waals surface area contributed by atoms with Gasteiger partial charge in [0.2, 0.25) is 0 Å². The maximum absolute atomic E-state index is 5.94. The van der Waals surface area contributed by atoms with Gasteiger partial charge in [0, 0.05) is 43.8 Å². The van der Waals surface area contributed by atoms with Gasteiger partial charge in [0.25, 0.3) is 0 Å². The van der Waals surface area contributed by atoms with E-state index in [1.165, 1.54) is 0 Å². The zero-order chi connectivity index (χ0) is 70.7. The molecule has 2 aliphatic rings. The summed E-state index contributed by atoms with van der Waals surface area (Å²) in [6.45, 7) is 0. The van der Waals surface area contributed by atoms with E-state index in [2.05, 4.69) is 156 Å². The molecule has 2 aliphatic heterocycles. The van der Waals surface area contributed by atoms with E-state index >= 15 is 0 Å². The minimum absolute atomic E-state index is 0.387. The highest BCUT2D eigenvalue weighted by Gasteiger charge is 2.32. The molecule has 0 saturated heterocycles. The summed E-state index contributed by atoms with van der Waals surface area (Å²) in [5, 5.41) is 3.07. The molecule has 0 fully saturated rings. The number of hydrogen-bond donors (Lipinski definition) is 2. The minimum Gasteiger partial charge on any atom is -0.497 e. The molecule has 15 aromatic rings. The van der Waals surface area contributed by atoms with Crippen molar-refractivity contribution in [2.45, 2.75) is 0 Å². The molecular weight excluding hydrogens is 1300 g/mol. The summed E-state index contributed by atoms with van der Waals surface area (Å²) in [6, 6.07) is 81.7. The molecular formula is C88H66N8O8. The molecule has 16 heteroatoms. The highest BCUT2D eigenvalue weighted by atomic mass is 16.5. The number of nitrogens with one attached hydrogen (secondary N) is 2. The predicted octanol–water partition coefficient (Wildman–Crippen LogP) is 20.3. The Bertz CT molecular complexity index is 5290. The number of ether oxygens (including phenoxy) is 8. The number of rotatable bonds is 16. The van der Waals surface area contributed by atoms with Crippen molar-refractivity contribution in [3.05, 3.63) is 243 Å². The number of methoxy groups -OCH3 is 8. The first-order valence-electron chi connectivity index (χ1n) is 33.8. The van der Waals surface area contributed by atoms with Gasteiger partial charge in [-0.05, 0) is 186 Å². The maximum atomic E-state index is 5.94. The van der Waals surface area contributed by atoms with Crippen molar-refractivity contribution in [3.8, 4) is 181 Å². The highest BCUT2D eigenvalue weighted by molar-refractivity contribution is 6.20. The molecule has 0 radical (unpaired) electrons. The molecule has 0 aliphatic carbocycles. The third kappa shape index (κ3) is 11.1. The first-order valence-corrected chi connectivity index (χ1v) is 33.8. The SMILES string of the molecule is COc1ccc(-c2ccc(-c3ccc(OC)cc3)c3c2-c2nc-3nc3[nH]c(nc4nc(nc5[nH]c(n2)c2c(-c6ccc(OC)cc6)ccc(-c6ccc(OC)cc6)c52)-c2c(-c5ccc(OC)cc5)ccc(-c5ccc(OC)cc5)c2-4)c2c(-c4ccc(OC)cc4)ccc(-c4ccc(OC)cc4)c32)cc1. The fraction of sp³-hybridized carbons (Fsp3) is 0.0909. The van der Waals surface area contributed by atoms with Crippen LogP contribution in [0.1, 0.15) is 0 Å². The molecule has 3 aromatic heterocycles.